The van der Waals surface area contributed by atoms with E-state index in [0.29, 0.717) is 24.4 Å². The van der Waals surface area contributed by atoms with Gasteiger partial charge in [0.15, 0.2) is 0 Å². The molecule has 1 aliphatic rings. The lowest BCUT2D eigenvalue weighted by molar-refractivity contribution is 0.0638. The molecule has 6 heteroatoms. The third-order valence-electron chi connectivity index (χ3n) is 6.86. The molecule has 0 radical (unpaired) electrons. The number of nitrogens with zero attached hydrogens (tertiary/aromatic N) is 2. The number of carbonyl (C=O) groups excluding carboxylic acids is 1. The fraction of sp³-hybridized carbons (Fsp3) is 0.276. The number of benzene rings is 3. The first kappa shape index (κ1) is 23.1. The van der Waals surface area contributed by atoms with Gasteiger partial charge in [0.1, 0.15) is 17.3 Å². The highest BCUT2D eigenvalue weighted by Crippen LogP contribution is 2.29. The summed E-state index contributed by atoms with van der Waals surface area (Å²) in [6, 6.07) is 20.2. The molecule has 5 nitrogen and oxygen atoms in total. The molecule has 0 bridgehead atoms. The van der Waals surface area contributed by atoms with Crippen LogP contribution in [-0.2, 0) is 6.42 Å². The number of rotatable bonds is 6. The van der Waals surface area contributed by atoms with Gasteiger partial charge in [-0.2, -0.15) is 0 Å². The molecule has 0 atom stereocenters. The summed E-state index contributed by atoms with van der Waals surface area (Å²) >= 11 is 0. The third kappa shape index (κ3) is 5.23. The number of ether oxygens (including phenoxy) is 1. The number of hydrogen-bond donors (Lipinski definition) is 1. The molecular weight excluding hydrogens is 441 g/mol. The summed E-state index contributed by atoms with van der Waals surface area (Å²) in [5.74, 6) is 1.22. The van der Waals surface area contributed by atoms with Gasteiger partial charge >= 0.3 is 0 Å². The second kappa shape index (κ2) is 9.92. The lowest BCUT2D eigenvalue weighted by Crippen LogP contribution is -2.49. The number of aromatic amines is 1. The predicted octanol–water partition coefficient (Wildman–Crippen LogP) is 5.72. The third-order valence-corrected chi connectivity index (χ3v) is 6.86. The van der Waals surface area contributed by atoms with Crippen LogP contribution in [0.4, 0.5) is 4.39 Å². The van der Waals surface area contributed by atoms with Gasteiger partial charge in [0.05, 0.1) is 0 Å². The largest absolute Gasteiger partial charge is 0.457 e. The van der Waals surface area contributed by atoms with E-state index in [-0.39, 0.29) is 11.7 Å². The molecule has 0 saturated carbocycles. The summed E-state index contributed by atoms with van der Waals surface area (Å²) in [6.07, 6.45) is 0.804. The zero-order chi connectivity index (χ0) is 24.4. The van der Waals surface area contributed by atoms with E-state index in [0.717, 1.165) is 54.0 Å². The Balaban J connectivity index is 1.19. The van der Waals surface area contributed by atoms with Crippen LogP contribution in [0.5, 0.6) is 11.5 Å². The van der Waals surface area contributed by atoms with Crippen molar-refractivity contribution in [3.63, 3.8) is 0 Å². The van der Waals surface area contributed by atoms with Gasteiger partial charge in [-0.15, -0.1) is 0 Å². The molecule has 1 saturated heterocycles. The quantitative estimate of drug-likeness (QED) is 0.392. The van der Waals surface area contributed by atoms with Crippen molar-refractivity contribution >= 4 is 16.8 Å². The van der Waals surface area contributed by atoms with Gasteiger partial charge in [0.25, 0.3) is 5.91 Å². The summed E-state index contributed by atoms with van der Waals surface area (Å²) < 4.78 is 19.5. The molecule has 1 fully saturated rings. The van der Waals surface area contributed by atoms with E-state index in [2.05, 4.69) is 23.7 Å². The Labute approximate surface area is 205 Å². The minimum atomic E-state index is -0.195. The first-order chi connectivity index (χ1) is 17.0. The number of fused-ring (bicyclic) bond motifs is 1. The maximum absolute atomic E-state index is 13.4. The average Bonchev–Trinajstić information content (AvgIpc) is 3.16. The first-order valence-electron chi connectivity index (χ1n) is 12.1. The molecule has 1 aliphatic heterocycles. The normalized spacial score (nSPS) is 14.4. The van der Waals surface area contributed by atoms with E-state index in [1.54, 1.807) is 12.1 Å². The minimum Gasteiger partial charge on any atom is -0.457 e. The molecule has 1 amide bonds. The van der Waals surface area contributed by atoms with E-state index in [9.17, 15) is 9.18 Å². The van der Waals surface area contributed by atoms with Gasteiger partial charge in [0.2, 0.25) is 0 Å². The highest BCUT2D eigenvalue weighted by atomic mass is 19.1. The molecule has 0 aliphatic carbocycles. The van der Waals surface area contributed by atoms with Crippen molar-refractivity contribution < 1.29 is 13.9 Å². The Hall–Kier alpha value is -3.64. The van der Waals surface area contributed by atoms with Crippen molar-refractivity contribution in [3.8, 4) is 11.5 Å². The summed E-state index contributed by atoms with van der Waals surface area (Å²) in [5, 5.41) is 1.14. The van der Waals surface area contributed by atoms with Crippen LogP contribution < -0.4 is 4.74 Å². The predicted molar refractivity (Wildman–Crippen MR) is 137 cm³/mol. The molecular formula is C29H30FN3O2. The molecule has 3 aromatic carbocycles. The molecule has 1 N–H and O–H groups in total. The van der Waals surface area contributed by atoms with E-state index in [1.165, 1.54) is 11.6 Å². The van der Waals surface area contributed by atoms with Crippen molar-refractivity contribution in [1.82, 2.24) is 14.8 Å². The highest BCUT2D eigenvalue weighted by molar-refractivity contribution is 5.94. The monoisotopic (exact) mass is 471 g/mol. The zero-order valence-corrected chi connectivity index (χ0v) is 20.2. The van der Waals surface area contributed by atoms with Crippen molar-refractivity contribution in [3.05, 3.63) is 94.9 Å². The molecule has 35 heavy (non-hydrogen) atoms. The van der Waals surface area contributed by atoms with E-state index < -0.39 is 0 Å². The summed E-state index contributed by atoms with van der Waals surface area (Å²) in [5.41, 5.74) is 5.08. The first-order valence-corrected chi connectivity index (χ1v) is 12.1. The smallest absolute Gasteiger partial charge is 0.254 e. The second-order valence-corrected chi connectivity index (χ2v) is 9.23. The van der Waals surface area contributed by atoms with E-state index in [4.69, 9.17) is 4.74 Å². The second-order valence-electron chi connectivity index (χ2n) is 9.23. The van der Waals surface area contributed by atoms with Crippen LogP contribution in [0.15, 0.2) is 66.7 Å². The number of carbonyl (C=O) groups is 1. The number of hydrogen-bond acceptors (Lipinski definition) is 3. The van der Waals surface area contributed by atoms with Crippen molar-refractivity contribution in [2.45, 2.75) is 20.3 Å². The van der Waals surface area contributed by atoms with Crippen LogP contribution >= 0.6 is 0 Å². The van der Waals surface area contributed by atoms with Gasteiger partial charge in [-0.1, -0.05) is 18.2 Å². The standard InChI is InChI=1S/C29H30FN3O2/c1-20-21(2)31-28-10-9-26(19-27(20)28)35-25-8-4-6-23(18-25)29(34)33-15-13-32(14-16-33)12-11-22-5-3-7-24(30)17-22/h3-10,17-19,31H,11-16H2,1-2H3. The van der Waals surface area contributed by atoms with Crippen LogP contribution in [-0.4, -0.2) is 53.4 Å². The van der Waals surface area contributed by atoms with Gasteiger partial charge in [-0.3, -0.25) is 9.69 Å². The zero-order valence-electron chi connectivity index (χ0n) is 20.2. The molecule has 2 heterocycles. The van der Waals surface area contributed by atoms with Crippen LogP contribution in [0, 0.1) is 19.7 Å². The van der Waals surface area contributed by atoms with Crippen molar-refractivity contribution in [2.24, 2.45) is 0 Å². The molecule has 0 spiro atoms. The Morgan fingerprint density at radius 1 is 0.943 bits per heavy atom. The summed E-state index contributed by atoms with van der Waals surface area (Å²) in [4.78, 5) is 20.8. The molecule has 4 aromatic rings. The van der Waals surface area contributed by atoms with Gasteiger partial charge < -0.3 is 14.6 Å². The number of H-pyrrole nitrogens is 1. The number of halogens is 1. The average molecular weight is 472 g/mol. The number of amides is 1. The number of aromatic nitrogens is 1. The van der Waals surface area contributed by atoms with Gasteiger partial charge in [0, 0.05) is 54.9 Å². The Kier molecular flexibility index (Phi) is 6.55. The van der Waals surface area contributed by atoms with E-state index >= 15 is 0 Å². The summed E-state index contributed by atoms with van der Waals surface area (Å²) in [7, 11) is 0. The number of aryl methyl sites for hydroxylation is 2. The Bertz CT molecular complexity index is 1360. The topological polar surface area (TPSA) is 48.6 Å². The lowest BCUT2D eigenvalue weighted by atomic mass is 10.1. The summed E-state index contributed by atoms with van der Waals surface area (Å²) in [6.45, 7) is 8.00. The molecule has 0 unspecified atom stereocenters. The van der Waals surface area contributed by atoms with Gasteiger partial charge in [-0.25, -0.2) is 4.39 Å². The Morgan fingerprint density at radius 2 is 1.71 bits per heavy atom. The maximum Gasteiger partial charge on any atom is 0.254 e. The Morgan fingerprint density at radius 3 is 2.51 bits per heavy atom. The van der Waals surface area contributed by atoms with Crippen LogP contribution in [0.2, 0.25) is 0 Å². The maximum atomic E-state index is 13.4. The van der Waals surface area contributed by atoms with Crippen LogP contribution in [0.3, 0.4) is 0 Å². The van der Waals surface area contributed by atoms with Crippen molar-refractivity contribution in [1.29, 1.82) is 0 Å². The molecule has 1 aromatic heterocycles. The van der Waals surface area contributed by atoms with Gasteiger partial charge in [-0.05, 0) is 79.9 Å². The minimum absolute atomic E-state index is 0.0211. The molecule has 180 valence electrons. The lowest BCUT2D eigenvalue weighted by Gasteiger charge is -2.34. The van der Waals surface area contributed by atoms with Crippen LogP contribution in [0.1, 0.15) is 27.2 Å². The number of nitrogens with one attached hydrogen (secondary N) is 1. The molecule has 5 rings (SSSR count). The van der Waals surface area contributed by atoms with Crippen LogP contribution in [0.25, 0.3) is 10.9 Å². The fourth-order valence-corrected chi connectivity index (χ4v) is 4.67. The van der Waals surface area contributed by atoms with E-state index in [1.807, 2.05) is 53.4 Å². The number of piperazine rings is 1. The SMILES string of the molecule is Cc1[nH]c2ccc(Oc3cccc(C(=O)N4CCN(CCc5cccc(F)c5)CC4)c3)cc2c1C. The highest BCUT2D eigenvalue weighted by Gasteiger charge is 2.22. The fourth-order valence-electron chi connectivity index (χ4n) is 4.67. The van der Waals surface area contributed by atoms with Crippen molar-refractivity contribution in [2.75, 3.05) is 32.7 Å².